The van der Waals surface area contributed by atoms with E-state index in [9.17, 15) is 4.79 Å². The summed E-state index contributed by atoms with van der Waals surface area (Å²) in [5.74, 6) is 1.65. The molecule has 1 amide bonds. The molecule has 3 aromatic carbocycles. The summed E-state index contributed by atoms with van der Waals surface area (Å²) < 4.78 is 16.6. The molecule has 3 rings (SSSR count). The number of hydrogen-bond acceptors (Lipinski definition) is 5. The number of nitrogens with zero attached hydrogens (tertiary/aromatic N) is 1. The number of carbonyl (C=O) groups is 1. The fourth-order valence-electron chi connectivity index (χ4n) is 2.72. The molecule has 30 heavy (non-hydrogen) atoms. The highest BCUT2D eigenvalue weighted by Crippen LogP contribution is 2.28. The van der Waals surface area contributed by atoms with Crippen LogP contribution in [0.2, 0.25) is 0 Å². The Morgan fingerprint density at radius 3 is 2.43 bits per heavy atom. The Labute approximate surface area is 176 Å². The van der Waals surface area contributed by atoms with Crippen molar-refractivity contribution in [2.75, 3.05) is 13.7 Å². The predicted octanol–water partition coefficient (Wildman–Crippen LogP) is 4.44. The molecule has 1 N–H and O–H groups in total. The lowest BCUT2D eigenvalue weighted by Gasteiger charge is -2.11. The van der Waals surface area contributed by atoms with Gasteiger partial charge >= 0.3 is 0 Å². The van der Waals surface area contributed by atoms with Gasteiger partial charge in [0.25, 0.3) is 5.91 Å². The quantitative estimate of drug-likeness (QED) is 0.423. The van der Waals surface area contributed by atoms with Gasteiger partial charge in [-0.3, -0.25) is 4.79 Å². The van der Waals surface area contributed by atoms with Crippen molar-refractivity contribution in [3.8, 4) is 17.2 Å². The molecule has 0 saturated heterocycles. The number of methoxy groups -OCH3 is 1. The van der Waals surface area contributed by atoms with Crippen LogP contribution in [0.5, 0.6) is 17.2 Å². The highest BCUT2D eigenvalue weighted by atomic mass is 16.5. The van der Waals surface area contributed by atoms with Crippen LogP contribution in [0.25, 0.3) is 0 Å². The van der Waals surface area contributed by atoms with Gasteiger partial charge in [0.2, 0.25) is 0 Å². The van der Waals surface area contributed by atoms with E-state index in [1.807, 2.05) is 49.4 Å². The lowest BCUT2D eigenvalue weighted by atomic mass is 10.2. The highest BCUT2D eigenvalue weighted by molar-refractivity contribution is 5.95. The average molecular weight is 404 g/mol. The number of hydrogen-bond donors (Lipinski definition) is 1. The average Bonchev–Trinajstić information content (AvgIpc) is 2.79. The first kappa shape index (κ1) is 20.9. The fraction of sp³-hybridized carbons (Fsp3) is 0.167. The van der Waals surface area contributed by atoms with Gasteiger partial charge in [0.05, 0.1) is 19.9 Å². The van der Waals surface area contributed by atoms with Crippen molar-refractivity contribution < 1.29 is 19.0 Å². The van der Waals surface area contributed by atoms with Gasteiger partial charge in [0.1, 0.15) is 12.4 Å². The first-order chi connectivity index (χ1) is 14.7. The van der Waals surface area contributed by atoms with Crippen LogP contribution in [-0.4, -0.2) is 25.8 Å². The first-order valence-electron chi connectivity index (χ1n) is 9.60. The van der Waals surface area contributed by atoms with Crippen LogP contribution < -0.4 is 19.6 Å². The van der Waals surface area contributed by atoms with Crippen molar-refractivity contribution in [3.63, 3.8) is 0 Å². The molecule has 0 aromatic heterocycles. The van der Waals surface area contributed by atoms with E-state index in [-0.39, 0.29) is 5.91 Å². The molecule has 0 aliphatic heterocycles. The molecule has 0 spiro atoms. The van der Waals surface area contributed by atoms with Crippen molar-refractivity contribution in [3.05, 3.63) is 89.5 Å². The van der Waals surface area contributed by atoms with Gasteiger partial charge < -0.3 is 14.2 Å². The number of rotatable bonds is 9. The van der Waals surface area contributed by atoms with Crippen LogP contribution in [-0.2, 0) is 6.61 Å². The molecule has 0 bridgehead atoms. The molecule has 6 nitrogen and oxygen atoms in total. The van der Waals surface area contributed by atoms with E-state index in [0.717, 1.165) is 16.9 Å². The van der Waals surface area contributed by atoms with Crippen LogP contribution in [0.3, 0.4) is 0 Å². The molecule has 0 saturated carbocycles. The van der Waals surface area contributed by atoms with Crippen LogP contribution in [0, 0.1) is 0 Å². The van der Waals surface area contributed by atoms with Crippen LogP contribution in [0.15, 0.2) is 77.9 Å². The standard InChI is InChI=1S/C24H24N2O4/c1-3-29-21-12-10-20(11-13-21)24(27)26-25-16-19-9-14-22(23(15-19)28-2)30-17-18-7-5-4-6-8-18/h4-16H,3,17H2,1-2H3,(H,26,27)/b25-16-. The van der Waals surface area contributed by atoms with Crippen LogP contribution in [0.4, 0.5) is 0 Å². The Hall–Kier alpha value is -3.80. The molecule has 0 aliphatic rings. The molecule has 3 aromatic rings. The zero-order valence-electron chi connectivity index (χ0n) is 17.0. The second kappa shape index (κ2) is 10.7. The fourth-order valence-corrected chi connectivity index (χ4v) is 2.72. The molecule has 0 aliphatic carbocycles. The summed E-state index contributed by atoms with van der Waals surface area (Å²) in [6.45, 7) is 2.93. The van der Waals surface area contributed by atoms with E-state index in [2.05, 4.69) is 10.5 Å². The van der Waals surface area contributed by atoms with Gasteiger partial charge in [0, 0.05) is 5.56 Å². The van der Waals surface area contributed by atoms with Gasteiger partial charge in [-0.05, 0) is 60.5 Å². The summed E-state index contributed by atoms with van der Waals surface area (Å²) in [4.78, 5) is 12.2. The van der Waals surface area contributed by atoms with Crippen molar-refractivity contribution >= 4 is 12.1 Å². The maximum Gasteiger partial charge on any atom is 0.271 e. The summed E-state index contributed by atoms with van der Waals surface area (Å²) in [7, 11) is 1.58. The zero-order valence-corrected chi connectivity index (χ0v) is 17.0. The van der Waals surface area contributed by atoms with Gasteiger partial charge in [-0.1, -0.05) is 30.3 Å². The monoisotopic (exact) mass is 404 g/mol. The van der Waals surface area contributed by atoms with E-state index in [4.69, 9.17) is 14.2 Å². The molecular formula is C24H24N2O4. The minimum absolute atomic E-state index is 0.302. The summed E-state index contributed by atoms with van der Waals surface area (Å²) in [6.07, 6.45) is 1.55. The van der Waals surface area contributed by atoms with Gasteiger partial charge in [0.15, 0.2) is 11.5 Å². The van der Waals surface area contributed by atoms with Gasteiger partial charge in [-0.2, -0.15) is 5.10 Å². The normalized spacial score (nSPS) is 10.6. The molecule has 0 heterocycles. The lowest BCUT2D eigenvalue weighted by molar-refractivity contribution is 0.0955. The van der Waals surface area contributed by atoms with E-state index < -0.39 is 0 Å². The maximum absolute atomic E-state index is 12.2. The number of carbonyl (C=O) groups excluding carboxylic acids is 1. The molecular weight excluding hydrogens is 380 g/mol. The van der Waals surface area contributed by atoms with Crippen molar-refractivity contribution in [2.45, 2.75) is 13.5 Å². The molecule has 0 atom stereocenters. The minimum atomic E-state index is -0.302. The summed E-state index contributed by atoms with van der Waals surface area (Å²) in [6, 6.07) is 22.2. The third kappa shape index (κ3) is 5.85. The smallest absolute Gasteiger partial charge is 0.271 e. The molecule has 6 heteroatoms. The van der Waals surface area contributed by atoms with Crippen LogP contribution in [0.1, 0.15) is 28.4 Å². The maximum atomic E-state index is 12.2. The van der Waals surface area contributed by atoms with Crippen LogP contribution >= 0.6 is 0 Å². The number of benzene rings is 3. The SMILES string of the molecule is CCOc1ccc(C(=O)N/N=C\c2ccc(OCc3ccccc3)c(OC)c2)cc1. The van der Waals surface area contributed by atoms with E-state index in [1.165, 1.54) is 0 Å². The third-order valence-corrected chi connectivity index (χ3v) is 4.23. The largest absolute Gasteiger partial charge is 0.494 e. The number of amides is 1. The molecule has 0 unspecified atom stereocenters. The third-order valence-electron chi connectivity index (χ3n) is 4.23. The second-order valence-corrected chi connectivity index (χ2v) is 6.34. The summed E-state index contributed by atoms with van der Waals surface area (Å²) in [5, 5.41) is 4.02. The summed E-state index contributed by atoms with van der Waals surface area (Å²) >= 11 is 0. The molecule has 154 valence electrons. The number of ether oxygens (including phenoxy) is 3. The van der Waals surface area contributed by atoms with Crippen molar-refractivity contribution in [1.29, 1.82) is 0 Å². The van der Waals surface area contributed by atoms with Gasteiger partial charge in [-0.25, -0.2) is 5.43 Å². The van der Waals surface area contributed by atoms with Gasteiger partial charge in [-0.15, -0.1) is 0 Å². The Morgan fingerprint density at radius 1 is 0.967 bits per heavy atom. The minimum Gasteiger partial charge on any atom is -0.494 e. The summed E-state index contributed by atoms with van der Waals surface area (Å²) in [5.41, 5.74) is 4.85. The Balaban J connectivity index is 1.59. The van der Waals surface area contributed by atoms with Crippen molar-refractivity contribution in [1.82, 2.24) is 5.43 Å². The molecule has 0 fully saturated rings. The Kier molecular flexibility index (Phi) is 7.44. The second-order valence-electron chi connectivity index (χ2n) is 6.34. The van der Waals surface area contributed by atoms with E-state index in [1.54, 1.807) is 43.7 Å². The molecule has 0 radical (unpaired) electrons. The number of hydrazone groups is 1. The lowest BCUT2D eigenvalue weighted by Crippen LogP contribution is -2.17. The Bertz CT molecular complexity index is 986. The van der Waals surface area contributed by atoms with E-state index >= 15 is 0 Å². The Morgan fingerprint density at radius 2 is 1.73 bits per heavy atom. The topological polar surface area (TPSA) is 69.2 Å². The zero-order chi connectivity index (χ0) is 21.2. The first-order valence-corrected chi connectivity index (χ1v) is 9.60. The van der Waals surface area contributed by atoms with E-state index in [0.29, 0.717) is 30.3 Å². The van der Waals surface area contributed by atoms with Crippen molar-refractivity contribution in [2.24, 2.45) is 5.10 Å². The predicted molar refractivity (Wildman–Crippen MR) is 116 cm³/mol. The number of nitrogens with one attached hydrogen (secondary N) is 1. The highest BCUT2D eigenvalue weighted by Gasteiger charge is 2.07.